The number of aromatic nitrogens is 1. The number of ketones is 1. The number of nitrogens with zero attached hydrogens (tertiary/aromatic N) is 3. The van der Waals surface area contributed by atoms with Crippen molar-refractivity contribution in [2.45, 2.75) is 63.1 Å². The van der Waals surface area contributed by atoms with Gasteiger partial charge in [-0.3, -0.25) is 19.3 Å². The van der Waals surface area contributed by atoms with E-state index in [1.165, 1.54) is 12.8 Å². The van der Waals surface area contributed by atoms with Crippen LogP contribution in [0.25, 0.3) is 0 Å². The Morgan fingerprint density at radius 1 is 0.976 bits per heavy atom. The molecule has 4 fully saturated rings. The zero-order valence-electron chi connectivity index (χ0n) is 23.5. The van der Waals surface area contributed by atoms with Crippen molar-refractivity contribution in [2.75, 3.05) is 49.6 Å². The number of primary amides is 1. The van der Waals surface area contributed by atoms with Crippen LogP contribution in [0.5, 0.6) is 0 Å². The fourth-order valence-electron chi connectivity index (χ4n) is 6.49. The molecule has 6 rings (SSSR count). The minimum atomic E-state index is -0.502. The highest BCUT2D eigenvalue weighted by molar-refractivity contribution is 6.02. The molecule has 3 atom stereocenters. The van der Waals surface area contributed by atoms with E-state index < -0.39 is 5.91 Å². The van der Waals surface area contributed by atoms with Crippen molar-refractivity contribution in [2.24, 2.45) is 11.7 Å². The van der Waals surface area contributed by atoms with Gasteiger partial charge in [0.15, 0.2) is 5.78 Å². The number of amides is 2. The number of hydrogen-bond donors (Lipinski definition) is 3. The van der Waals surface area contributed by atoms with Crippen molar-refractivity contribution in [3.8, 4) is 0 Å². The molecule has 3 saturated heterocycles. The highest BCUT2D eigenvalue weighted by Crippen LogP contribution is 2.39. The SMILES string of the molecule is NC(=O)c1ccc(C(=O)NC2C[C@H]3CC[C@@H](C2)N3c2ccc(C(=O)CCN3CCOCC3)cn2)cc1NCC1CC1. The lowest BCUT2D eigenvalue weighted by molar-refractivity contribution is 0.0370. The van der Waals surface area contributed by atoms with Crippen molar-refractivity contribution in [3.05, 3.63) is 53.2 Å². The molecule has 1 unspecified atom stereocenters. The summed E-state index contributed by atoms with van der Waals surface area (Å²) in [7, 11) is 0. The summed E-state index contributed by atoms with van der Waals surface area (Å²) < 4.78 is 5.38. The van der Waals surface area contributed by atoms with Crippen LogP contribution in [0, 0.1) is 5.92 Å². The van der Waals surface area contributed by atoms with Gasteiger partial charge in [0, 0.05) is 73.7 Å². The molecule has 1 saturated carbocycles. The van der Waals surface area contributed by atoms with E-state index in [0.29, 0.717) is 46.8 Å². The van der Waals surface area contributed by atoms with Crippen LogP contribution in [0.2, 0.25) is 0 Å². The number of anilines is 2. The highest BCUT2D eigenvalue weighted by atomic mass is 16.5. The molecule has 41 heavy (non-hydrogen) atoms. The maximum absolute atomic E-state index is 13.2. The van der Waals surface area contributed by atoms with E-state index in [1.807, 2.05) is 12.1 Å². The van der Waals surface area contributed by atoms with Crippen LogP contribution >= 0.6 is 0 Å². The number of morpholine rings is 1. The summed E-state index contributed by atoms with van der Waals surface area (Å²) in [6.07, 6.45) is 8.38. The van der Waals surface area contributed by atoms with Gasteiger partial charge < -0.3 is 26.0 Å². The van der Waals surface area contributed by atoms with Crippen molar-refractivity contribution < 1.29 is 19.1 Å². The van der Waals surface area contributed by atoms with Crippen LogP contribution < -0.4 is 21.3 Å². The minimum Gasteiger partial charge on any atom is -0.384 e. The Kier molecular flexibility index (Phi) is 8.20. The van der Waals surface area contributed by atoms with Gasteiger partial charge in [0.05, 0.1) is 18.8 Å². The van der Waals surface area contributed by atoms with Crippen LogP contribution in [-0.4, -0.2) is 85.0 Å². The van der Waals surface area contributed by atoms with Crippen molar-refractivity contribution in [3.63, 3.8) is 0 Å². The van der Waals surface area contributed by atoms with Gasteiger partial charge in [0.25, 0.3) is 11.8 Å². The molecule has 10 nitrogen and oxygen atoms in total. The van der Waals surface area contributed by atoms with E-state index in [0.717, 1.165) is 70.9 Å². The third-order valence-electron chi connectivity index (χ3n) is 8.99. The largest absolute Gasteiger partial charge is 0.384 e. The maximum atomic E-state index is 13.2. The van der Waals surface area contributed by atoms with Crippen LogP contribution in [0.3, 0.4) is 0 Å². The Morgan fingerprint density at radius 3 is 2.37 bits per heavy atom. The number of carbonyl (C=O) groups excluding carboxylic acids is 3. The fourth-order valence-corrected chi connectivity index (χ4v) is 6.49. The molecule has 4 N–H and O–H groups in total. The molecular formula is C31H40N6O4. The predicted molar refractivity (Wildman–Crippen MR) is 156 cm³/mol. The first-order valence-electron chi connectivity index (χ1n) is 15.0. The third-order valence-corrected chi connectivity index (χ3v) is 8.99. The normalized spacial score (nSPS) is 24.2. The van der Waals surface area contributed by atoms with Gasteiger partial charge in [0.2, 0.25) is 0 Å². The first kappa shape index (κ1) is 27.7. The lowest BCUT2D eigenvalue weighted by Gasteiger charge is -2.40. The Morgan fingerprint density at radius 2 is 1.71 bits per heavy atom. The van der Waals surface area contributed by atoms with E-state index in [2.05, 4.69) is 20.4 Å². The molecule has 1 aromatic carbocycles. The monoisotopic (exact) mass is 560 g/mol. The van der Waals surface area contributed by atoms with Crippen molar-refractivity contribution in [1.82, 2.24) is 15.2 Å². The second-order valence-electron chi connectivity index (χ2n) is 11.9. The minimum absolute atomic E-state index is 0.0657. The standard InChI is InChI=1S/C31H40N6O4/c32-30(39)26-7-3-21(15-27(26)33-18-20-1-2-20)31(40)35-23-16-24-5-6-25(17-23)37(24)29-8-4-22(19-34-29)28(38)9-10-36-11-13-41-14-12-36/h3-4,7-8,15,19-20,23-25,33H,1-2,5-6,9-14,16-18H2,(H2,32,39)(H,35,40)/t23?,24-,25+. The maximum Gasteiger partial charge on any atom is 0.251 e. The first-order chi connectivity index (χ1) is 19.9. The summed E-state index contributed by atoms with van der Waals surface area (Å²) in [5, 5.41) is 6.55. The highest BCUT2D eigenvalue weighted by Gasteiger charge is 2.42. The summed E-state index contributed by atoms with van der Waals surface area (Å²) in [5.74, 6) is 1.01. The zero-order chi connectivity index (χ0) is 28.3. The van der Waals surface area contributed by atoms with Crippen molar-refractivity contribution in [1.29, 1.82) is 0 Å². The summed E-state index contributed by atoms with van der Waals surface area (Å²) >= 11 is 0. The molecule has 4 aliphatic rings. The lowest BCUT2D eigenvalue weighted by Crippen LogP contribution is -2.50. The smallest absolute Gasteiger partial charge is 0.251 e. The number of piperidine rings is 1. The molecule has 1 aromatic heterocycles. The Labute approximate surface area is 241 Å². The Balaban J connectivity index is 1.04. The number of nitrogens with one attached hydrogen (secondary N) is 2. The van der Waals surface area contributed by atoms with Crippen LogP contribution in [0.1, 0.15) is 76.0 Å². The van der Waals surface area contributed by atoms with E-state index in [-0.39, 0.29) is 17.7 Å². The zero-order valence-corrected chi connectivity index (χ0v) is 23.5. The fraction of sp³-hybridized carbons (Fsp3) is 0.548. The first-order valence-corrected chi connectivity index (χ1v) is 15.0. The number of benzene rings is 1. The number of carbonyl (C=O) groups is 3. The van der Waals surface area contributed by atoms with Gasteiger partial charge in [-0.15, -0.1) is 0 Å². The second kappa shape index (κ2) is 12.2. The van der Waals surface area contributed by atoms with E-state index in [1.54, 1.807) is 24.4 Å². The molecule has 10 heteroatoms. The Hall–Kier alpha value is -3.50. The summed E-state index contributed by atoms with van der Waals surface area (Å²) in [5.41, 5.74) is 7.78. The van der Waals surface area contributed by atoms with E-state index in [4.69, 9.17) is 15.5 Å². The van der Waals surface area contributed by atoms with Gasteiger partial charge in [-0.1, -0.05) is 0 Å². The number of pyridine rings is 1. The molecule has 218 valence electrons. The number of hydrogen-bond acceptors (Lipinski definition) is 8. The number of nitrogens with two attached hydrogens (primary N) is 1. The number of Topliss-reactive ketones (excluding diaryl/α,β-unsaturated/α-hetero) is 1. The lowest BCUT2D eigenvalue weighted by atomic mass is 9.96. The second-order valence-corrected chi connectivity index (χ2v) is 11.9. The molecule has 0 radical (unpaired) electrons. The summed E-state index contributed by atoms with van der Waals surface area (Å²) in [6, 6.07) is 9.59. The summed E-state index contributed by atoms with van der Waals surface area (Å²) in [4.78, 5) is 47.2. The topological polar surface area (TPSA) is 130 Å². The average Bonchev–Trinajstić information content (AvgIpc) is 3.78. The number of ether oxygens (including phenoxy) is 1. The van der Waals surface area contributed by atoms with Gasteiger partial charge in [-0.2, -0.15) is 0 Å². The number of rotatable bonds is 11. The molecule has 2 bridgehead atoms. The van der Waals surface area contributed by atoms with Gasteiger partial charge in [-0.25, -0.2) is 4.98 Å². The van der Waals surface area contributed by atoms with E-state index in [9.17, 15) is 14.4 Å². The van der Waals surface area contributed by atoms with Gasteiger partial charge in [0.1, 0.15) is 5.82 Å². The quantitative estimate of drug-likeness (QED) is 0.358. The van der Waals surface area contributed by atoms with Gasteiger partial charge in [-0.05, 0) is 74.8 Å². The molecule has 2 aromatic rings. The van der Waals surface area contributed by atoms with Crippen molar-refractivity contribution >= 4 is 29.1 Å². The van der Waals surface area contributed by atoms with Crippen LogP contribution in [0.4, 0.5) is 11.5 Å². The molecule has 3 aliphatic heterocycles. The summed E-state index contributed by atoms with van der Waals surface area (Å²) in [6.45, 7) is 4.76. The van der Waals surface area contributed by atoms with Crippen LogP contribution in [-0.2, 0) is 4.74 Å². The molecular weight excluding hydrogens is 520 g/mol. The van der Waals surface area contributed by atoms with Gasteiger partial charge >= 0.3 is 0 Å². The molecule has 1 aliphatic carbocycles. The van der Waals surface area contributed by atoms with E-state index >= 15 is 0 Å². The van der Waals surface area contributed by atoms with Crippen LogP contribution in [0.15, 0.2) is 36.5 Å². The third kappa shape index (κ3) is 6.54. The number of fused-ring (bicyclic) bond motifs is 2. The molecule has 2 amide bonds. The molecule has 0 spiro atoms. The molecule has 4 heterocycles. The Bertz CT molecular complexity index is 1260. The average molecular weight is 561 g/mol. The predicted octanol–water partition coefficient (Wildman–Crippen LogP) is 2.84.